The summed E-state index contributed by atoms with van der Waals surface area (Å²) in [7, 11) is 0. The minimum absolute atomic E-state index is 0.151. The summed E-state index contributed by atoms with van der Waals surface area (Å²) < 4.78 is 25.9. The lowest BCUT2D eigenvalue weighted by Crippen LogP contribution is -2.54. The molecule has 1 N–H and O–H groups in total. The molecule has 0 saturated heterocycles. The van der Waals surface area contributed by atoms with Crippen LogP contribution in [0.4, 0.5) is 8.78 Å². The van der Waals surface area contributed by atoms with Crippen molar-refractivity contribution >= 4 is 17.6 Å². The average Bonchev–Trinajstić information content (AvgIpc) is 2.17. The fourth-order valence-electron chi connectivity index (χ4n) is 2.07. The Hall–Kier alpha value is -1.23. The van der Waals surface area contributed by atoms with E-state index in [-0.39, 0.29) is 5.69 Å². The summed E-state index contributed by atoms with van der Waals surface area (Å²) in [6, 6.07) is 1.46. The summed E-state index contributed by atoms with van der Waals surface area (Å²) in [6.45, 7) is 1.68. The number of hydrogen-bond acceptors (Lipinski definition) is 2. The third-order valence-corrected chi connectivity index (χ3v) is 3.46. The molecule has 1 fully saturated rings. The Balaban J connectivity index is 2.42. The zero-order valence-corrected chi connectivity index (χ0v) is 9.76. The Morgan fingerprint density at radius 3 is 2.53 bits per heavy atom. The predicted octanol–water partition coefficient (Wildman–Crippen LogP) is 2.79. The van der Waals surface area contributed by atoms with Crippen LogP contribution in [0.5, 0.6) is 0 Å². The quantitative estimate of drug-likeness (QED) is 0.891. The van der Waals surface area contributed by atoms with E-state index in [2.05, 4.69) is 4.98 Å². The molecule has 0 spiro atoms. The van der Waals surface area contributed by atoms with Gasteiger partial charge in [-0.3, -0.25) is 9.78 Å². The fraction of sp³-hybridized carbons (Fsp3) is 0.455. The largest absolute Gasteiger partial charge is 0.481 e. The molecule has 3 nitrogen and oxygen atoms in total. The Labute approximate surface area is 101 Å². The summed E-state index contributed by atoms with van der Waals surface area (Å²) in [5, 5.41) is 9.51. The highest BCUT2D eigenvalue weighted by molar-refractivity contribution is 6.31. The Kier molecular flexibility index (Phi) is 2.61. The molecule has 0 atom stereocenters. The normalized spacial score (nSPS) is 20.7. The molecular formula is C11H10ClF2NO2. The molecule has 2 rings (SSSR count). The number of nitrogens with zero attached hydrogens (tertiary/aromatic N) is 1. The van der Waals surface area contributed by atoms with Gasteiger partial charge >= 0.3 is 5.97 Å². The minimum Gasteiger partial charge on any atom is -0.481 e. The van der Waals surface area contributed by atoms with Crippen molar-refractivity contribution in [2.75, 3.05) is 0 Å². The van der Waals surface area contributed by atoms with Crippen LogP contribution in [0, 0.1) is 6.92 Å². The third-order valence-electron chi connectivity index (χ3n) is 3.07. The maximum atomic E-state index is 12.9. The number of halogens is 3. The van der Waals surface area contributed by atoms with Crippen LogP contribution in [0.3, 0.4) is 0 Å². The first-order chi connectivity index (χ1) is 7.77. The molecule has 0 aliphatic heterocycles. The molecule has 17 heavy (non-hydrogen) atoms. The molecule has 6 heteroatoms. The van der Waals surface area contributed by atoms with Crippen LogP contribution in [-0.4, -0.2) is 22.0 Å². The van der Waals surface area contributed by atoms with Crippen LogP contribution in [0.2, 0.25) is 5.02 Å². The highest BCUT2D eigenvalue weighted by Crippen LogP contribution is 2.53. The number of alkyl halides is 2. The van der Waals surface area contributed by atoms with Crippen molar-refractivity contribution in [1.82, 2.24) is 4.98 Å². The Morgan fingerprint density at radius 1 is 1.53 bits per heavy atom. The third kappa shape index (κ3) is 1.88. The van der Waals surface area contributed by atoms with Gasteiger partial charge in [-0.25, -0.2) is 8.78 Å². The van der Waals surface area contributed by atoms with Gasteiger partial charge in [0, 0.05) is 19.0 Å². The number of carbonyl (C=O) groups is 1. The van der Waals surface area contributed by atoms with Crippen LogP contribution >= 0.6 is 11.6 Å². The topological polar surface area (TPSA) is 50.2 Å². The van der Waals surface area contributed by atoms with Crippen molar-refractivity contribution in [1.29, 1.82) is 0 Å². The fourth-order valence-corrected chi connectivity index (χ4v) is 2.18. The average molecular weight is 262 g/mol. The van der Waals surface area contributed by atoms with E-state index in [0.717, 1.165) is 0 Å². The van der Waals surface area contributed by atoms with Gasteiger partial charge in [-0.05, 0) is 18.6 Å². The molecule has 1 aromatic rings. The molecule has 1 aromatic heterocycles. The molecule has 1 saturated carbocycles. The molecule has 0 amide bonds. The molecule has 1 aliphatic rings. The summed E-state index contributed by atoms with van der Waals surface area (Å²) in [5.74, 6) is -4.19. The van der Waals surface area contributed by atoms with Gasteiger partial charge in [-0.2, -0.15) is 0 Å². The van der Waals surface area contributed by atoms with Crippen molar-refractivity contribution in [3.63, 3.8) is 0 Å². The first kappa shape index (κ1) is 12.2. The summed E-state index contributed by atoms with van der Waals surface area (Å²) >= 11 is 5.77. The minimum atomic E-state index is -2.92. The van der Waals surface area contributed by atoms with Gasteiger partial charge in [0.25, 0.3) is 5.92 Å². The van der Waals surface area contributed by atoms with Crippen LogP contribution in [0.1, 0.15) is 24.1 Å². The van der Waals surface area contributed by atoms with Crippen LogP contribution in [0.25, 0.3) is 0 Å². The number of carboxylic acid groups (broad SMARTS) is 1. The van der Waals surface area contributed by atoms with E-state index in [0.29, 0.717) is 10.6 Å². The van der Waals surface area contributed by atoms with E-state index in [4.69, 9.17) is 16.7 Å². The van der Waals surface area contributed by atoms with Crippen molar-refractivity contribution in [3.05, 3.63) is 28.5 Å². The SMILES string of the molecule is Cc1cc(C2(C(=O)O)CC(F)(F)C2)ncc1Cl. The smallest absolute Gasteiger partial charge is 0.316 e. The highest BCUT2D eigenvalue weighted by Gasteiger charge is 2.63. The van der Waals surface area contributed by atoms with Crippen molar-refractivity contribution < 1.29 is 18.7 Å². The predicted molar refractivity (Wildman–Crippen MR) is 57.5 cm³/mol. The second kappa shape index (κ2) is 3.63. The number of rotatable bonds is 2. The second-order valence-electron chi connectivity index (χ2n) is 4.42. The monoisotopic (exact) mass is 261 g/mol. The molecule has 0 unspecified atom stereocenters. The van der Waals surface area contributed by atoms with E-state index in [9.17, 15) is 13.6 Å². The molecule has 92 valence electrons. The maximum Gasteiger partial charge on any atom is 0.316 e. The molecule has 1 heterocycles. The summed E-state index contributed by atoms with van der Waals surface area (Å²) in [4.78, 5) is 15.1. The number of pyridine rings is 1. The van der Waals surface area contributed by atoms with Gasteiger partial charge in [-0.1, -0.05) is 11.6 Å². The standard InChI is InChI=1S/C11H10ClF2NO2/c1-6-2-8(15-3-7(6)12)10(9(16)17)4-11(13,14)5-10/h2-3H,4-5H2,1H3,(H,16,17). The van der Waals surface area contributed by atoms with Crippen molar-refractivity contribution in [3.8, 4) is 0 Å². The lowest BCUT2D eigenvalue weighted by Gasteiger charge is -2.43. The van der Waals surface area contributed by atoms with Gasteiger partial charge in [0.05, 0.1) is 10.7 Å². The zero-order valence-electron chi connectivity index (χ0n) is 9.01. The van der Waals surface area contributed by atoms with E-state index >= 15 is 0 Å². The van der Waals surface area contributed by atoms with Gasteiger partial charge in [-0.15, -0.1) is 0 Å². The van der Waals surface area contributed by atoms with Gasteiger partial charge < -0.3 is 5.11 Å². The van der Waals surface area contributed by atoms with E-state index in [1.54, 1.807) is 6.92 Å². The van der Waals surface area contributed by atoms with E-state index in [1.165, 1.54) is 12.3 Å². The van der Waals surface area contributed by atoms with Gasteiger partial charge in [0.15, 0.2) is 0 Å². The van der Waals surface area contributed by atoms with Gasteiger partial charge in [0.1, 0.15) is 5.41 Å². The van der Waals surface area contributed by atoms with Gasteiger partial charge in [0.2, 0.25) is 0 Å². The van der Waals surface area contributed by atoms with Crippen LogP contribution < -0.4 is 0 Å². The molecule has 1 aliphatic carbocycles. The molecular weight excluding hydrogens is 252 g/mol. The summed E-state index contributed by atoms with van der Waals surface area (Å²) in [5.41, 5.74) is -0.788. The van der Waals surface area contributed by atoms with E-state index in [1.807, 2.05) is 0 Å². The second-order valence-corrected chi connectivity index (χ2v) is 4.82. The first-order valence-electron chi connectivity index (χ1n) is 5.01. The number of aryl methyl sites for hydroxylation is 1. The lowest BCUT2D eigenvalue weighted by molar-refractivity contribution is -0.174. The number of aliphatic carboxylic acids is 1. The Bertz CT molecular complexity index is 482. The number of hydrogen-bond donors (Lipinski definition) is 1. The molecule has 0 bridgehead atoms. The van der Waals surface area contributed by atoms with Crippen LogP contribution in [-0.2, 0) is 10.2 Å². The number of carboxylic acids is 1. The maximum absolute atomic E-state index is 12.9. The van der Waals surface area contributed by atoms with Crippen molar-refractivity contribution in [2.24, 2.45) is 0 Å². The first-order valence-corrected chi connectivity index (χ1v) is 5.38. The lowest BCUT2D eigenvalue weighted by atomic mass is 9.63. The Morgan fingerprint density at radius 2 is 2.12 bits per heavy atom. The molecule has 0 radical (unpaired) electrons. The van der Waals surface area contributed by atoms with Crippen molar-refractivity contribution in [2.45, 2.75) is 31.1 Å². The molecule has 0 aromatic carbocycles. The summed E-state index contributed by atoms with van der Waals surface area (Å²) in [6.07, 6.45) is -0.111. The number of aromatic nitrogens is 1. The highest BCUT2D eigenvalue weighted by atomic mass is 35.5. The van der Waals surface area contributed by atoms with Crippen LogP contribution in [0.15, 0.2) is 12.3 Å². The zero-order chi connectivity index (χ0) is 12.8. The van der Waals surface area contributed by atoms with E-state index < -0.39 is 30.1 Å².